The quantitative estimate of drug-likeness (QED) is 0.690. The van der Waals surface area contributed by atoms with Crippen LogP contribution in [0.3, 0.4) is 0 Å². The van der Waals surface area contributed by atoms with E-state index in [-0.39, 0.29) is 5.60 Å². The van der Waals surface area contributed by atoms with Gasteiger partial charge in [-0.3, -0.25) is 0 Å². The van der Waals surface area contributed by atoms with E-state index in [1.54, 1.807) is 0 Å². The molecule has 12 heavy (non-hydrogen) atoms. The van der Waals surface area contributed by atoms with Crippen molar-refractivity contribution in [3.63, 3.8) is 0 Å². The van der Waals surface area contributed by atoms with Gasteiger partial charge in [0.2, 0.25) is 0 Å². The molecular formula is C10H20O2. The predicted octanol–water partition coefficient (Wildman–Crippen LogP) is 1.96. The van der Waals surface area contributed by atoms with Crippen LogP contribution in [-0.4, -0.2) is 22.9 Å². The summed E-state index contributed by atoms with van der Waals surface area (Å²) in [5, 5.41) is 9.59. The van der Waals surface area contributed by atoms with Gasteiger partial charge in [0.05, 0.1) is 17.8 Å². The largest absolute Gasteiger partial charge is 0.390 e. The summed E-state index contributed by atoms with van der Waals surface area (Å²) in [6.07, 6.45) is 1.91. The molecule has 1 saturated heterocycles. The van der Waals surface area contributed by atoms with Crippen LogP contribution in [0.1, 0.15) is 40.5 Å². The Bertz CT molecular complexity index is 156. The monoisotopic (exact) mass is 172 g/mol. The summed E-state index contributed by atoms with van der Waals surface area (Å²) in [6, 6.07) is 0. The van der Waals surface area contributed by atoms with Gasteiger partial charge in [0.1, 0.15) is 0 Å². The molecule has 0 bridgehead atoms. The van der Waals surface area contributed by atoms with E-state index in [0.717, 1.165) is 19.4 Å². The van der Waals surface area contributed by atoms with Crippen molar-refractivity contribution in [2.24, 2.45) is 5.92 Å². The molecule has 0 unspecified atom stereocenters. The van der Waals surface area contributed by atoms with Crippen molar-refractivity contribution in [1.29, 1.82) is 0 Å². The lowest BCUT2D eigenvalue weighted by Crippen LogP contribution is -2.24. The first-order valence-electron chi connectivity index (χ1n) is 4.65. The van der Waals surface area contributed by atoms with Crippen LogP contribution < -0.4 is 0 Å². The number of hydrogen-bond acceptors (Lipinski definition) is 2. The Hall–Kier alpha value is -0.0800. The minimum atomic E-state index is -0.547. The molecule has 1 aliphatic rings. The van der Waals surface area contributed by atoms with Crippen molar-refractivity contribution < 1.29 is 9.84 Å². The standard InChI is InChI=1S/C10H20O2/c1-9(2,11)5-8-6-10(3,4)12-7-8/h8,11H,5-7H2,1-4H3/t8-/m0/s1. The highest BCUT2D eigenvalue weighted by molar-refractivity contribution is 4.84. The molecule has 2 nitrogen and oxygen atoms in total. The lowest BCUT2D eigenvalue weighted by atomic mass is 9.89. The highest BCUT2D eigenvalue weighted by Gasteiger charge is 2.34. The third-order valence-corrected chi connectivity index (χ3v) is 2.28. The number of ether oxygens (including phenoxy) is 1. The maximum absolute atomic E-state index is 9.59. The molecule has 1 rings (SSSR count). The summed E-state index contributed by atoms with van der Waals surface area (Å²) >= 11 is 0. The predicted molar refractivity (Wildman–Crippen MR) is 49.1 cm³/mol. The van der Waals surface area contributed by atoms with Gasteiger partial charge in [-0.05, 0) is 46.5 Å². The minimum Gasteiger partial charge on any atom is -0.390 e. The number of rotatable bonds is 2. The van der Waals surface area contributed by atoms with E-state index < -0.39 is 5.60 Å². The fraction of sp³-hybridized carbons (Fsp3) is 1.00. The molecule has 1 fully saturated rings. The van der Waals surface area contributed by atoms with E-state index in [2.05, 4.69) is 13.8 Å². The topological polar surface area (TPSA) is 29.5 Å². The summed E-state index contributed by atoms with van der Waals surface area (Å²) in [7, 11) is 0. The second kappa shape index (κ2) is 3.00. The molecule has 0 aromatic heterocycles. The molecule has 1 aliphatic heterocycles. The van der Waals surface area contributed by atoms with Crippen molar-refractivity contribution in [2.75, 3.05) is 6.61 Å². The van der Waals surface area contributed by atoms with Crippen LogP contribution >= 0.6 is 0 Å². The van der Waals surface area contributed by atoms with E-state index in [4.69, 9.17) is 4.74 Å². The van der Waals surface area contributed by atoms with Crippen molar-refractivity contribution in [3.05, 3.63) is 0 Å². The summed E-state index contributed by atoms with van der Waals surface area (Å²) < 4.78 is 5.59. The summed E-state index contributed by atoms with van der Waals surface area (Å²) in [6.45, 7) is 8.74. The zero-order valence-corrected chi connectivity index (χ0v) is 8.55. The maximum atomic E-state index is 9.59. The van der Waals surface area contributed by atoms with Gasteiger partial charge in [0.15, 0.2) is 0 Å². The first kappa shape index (κ1) is 10.0. The van der Waals surface area contributed by atoms with Crippen LogP contribution in [0, 0.1) is 5.92 Å². The highest BCUT2D eigenvalue weighted by Crippen LogP contribution is 2.33. The fourth-order valence-electron chi connectivity index (χ4n) is 1.99. The molecule has 1 atom stereocenters. The average Bonchev–Trinajstić information content (AvgIpc) is 2.05. The summed E-state index contributed by atoms with van der Waals surface area (Å²) in [5.74, 6) is 0.528. The van der Waals surface area contributed by atoms with Gasteiger partial charge in [-0.15, -0.1) is 0 Å². The zero-order chi connectivity index (χ0) is 9.41. The lowest BCUT2D eigenvalue weighted by molar-refractivity contribution is 0.0277. The number of aliphatic hydroxyl groups is 1. The maximum Gasteiger partial charge on any atom is 0.0630 e. The molecule has 0 saturated carbocycles. The molecule has 0 aromatic rings. The molecule has 0 amide bonds. The molecule has 1 heterocycles. The van der Waals surface area contributed by atoms with Crippen molar-refractivity contribution >= 4 is 0 Å². The van der Waals surface area contributed by atoms with Gasteiger partial charge in [0, 0.05) is 0 Å². The van der Waals surface area contributed by atoms with E-state index in [9.17, 15) is 5.11 Å². The van der Waals surface area contributed by atoms with Gasteiger partial charge in [0.25, 0.3) is 0 Å². The van der Waals surface area contributed by atoms with Crippen LogP contribution in [0.2, 0.25) is 0 Å². The van der Waals surface area contributed by atoms with E-state index in [0.29, 0.717) is 5.92 Å². The van der Waals surface area contributed by atoms with Gasteiger partial charge >= 0.3 is 0 Å². The first-order valence-corrected chi connectivity index (χ1v) is 4.65. The van der Waals surface area contributed by atoms with Crippen molar-refractivity contribution in [3.8, 4) is 0 Å². The Morgan fingerprint density at radius 1 is 1.50 bits per heavy atom. The Labute approximate surface area is 74.9 Å². The van der Waals surface area contributed by atoms with E-state index in [1.165, 1.54) is 0 Å². The summed E-state index contributed by atoms with van der Waals surface area (Å²) in [5.41, 5.74) is -0.523. The third kappa shape index (κ3) is 3.11. The average molecular weight is 172 g/mol. The Morgan fingerprint density at radius 2 is 2.08 bits per heavy atom. The lowest BCUT2D eigenvalue weighted by Gasteiger charge is -2.21. The molecule has 0 spiro atoms. The van der Waals surface area contributed by atoms with Gasteiger partial charge < -0.3 is 9.84 Å². The number of hydrogen-bond donors (Lipinski definition) is 1. The normalized spacial score (nSPS) is 29.2. The molecule has 0 aliphatic carbocycles. The molecule has 2 heteroatoms. The minimum absolute atomic E-state index is 0.0237. The first-order chi connectivity index (χ1) is 5.29. The zero-order valence-electron chi connectivity index (χ0n) is 8.55. The second-order valence-corrected chi connectivity index (χ2v) is 5.16. The molecule has 1 N–H and O–H groups in total. The second-order valence-electron chi connectivity index (χ2n) is 5.16. The Kier molecular flexibility index (Phi) is 2.50. The van der Waals surface area contributed by atoms with Crippen LogP contribution in [-0.2, 0) is 4.74 Å². The molecule has 0 aromatic carbocycles. The van der Waals surface area contributed by atoms with Crippen molar-refractivity contribution in [2.45, 2.75) is 51.7 Å². The SMILES string of the molecule is CC(C)(O)C[C@@H]1COC(C)(C)C1. The highest BCUT2D eigenvalue weighted by atomic mass is 16.5. The summed E-state index contributed by atoms with van der Waals surface area (Å²) in [4.78, 5) is 0. The molecular weight excluding hydrogens is 152 g/mol. The van der Waals surface area contributed by atoms with Crippen LogP contribution in [0.25, 0.3) is 0 Å². The smallest absolute Gasteiger partial charge is 0.0630 e. The fourth-order valence-corrected chi connectivity index (χ4v) is 1.99. The van der Waals surface area contributed by atoms with E-state index in [1.807, 2.05) is 13.8 Å². The van der Waals surface area contributed by atoms with E-state index >= 15 is 0 Å². The molecule has 72 valence electrons. The van der Waals surface area contributed by atoms with Crippen LogP contribution in [0.4, 0.5) is 0 Å². The van der Waals surface area contributed by atoms with Gasteiger partial charge in [-0.25, -0.2) is 0 Å². The van der Waals surface area contributed by atoms with Crippen molar-refractivity contribution in [1.82, 2.24) is 0 Å². The third-order valence-electron chi connectivity index (χ3n) is 2.28. The Balaban J connectivity index is 2.39. The van der Waals surface area contributed by atoms with Crippen LogP contribution in [0.5, 0.6) is 0 Å². The Morgan fingerprint density at radius 3 is 2.42 bits per heavy atom. The van der Waals surface area contributed by atoms with Gasteiger partial charge in [-0.2, -0.15) is 0 Å². The van der Waals surface area contributed by atoms with Gasteiger partial charge in [-0.1, -0.05) is 0 Å². The molecule has 0 radical (unpaired) electrons. The van der Waals surface area contributed by atoms with Crippen LogP contribution in [0.15, 0.2) is 0 Å².